The van der Waals surface area contributed by atoms with Gasteiger partial charge in [-0.2, -0.15) is 0 Å². The van der Waals surface area contributed by atoms with Gasteiger partial charge in [0.05, 0.1) is 44.1 Å². The van der Waals surface area contributed by atoms with Crippen LogP contribution in [0.3, 0.4) is 0 Å². The van der Waals surface area contributed by atoms with Gasteiger partial charge in [0.1, 0.15) is 17.2 Å². The fraction of sp³-hybridized carbons (Fsp3) is 0.579. The molecule has 8 atom stereocenters. The Morgan fingerprint density at radius 1 is 1.15 bits per heavy atom. The van der Waals surface area contributed by atoms with Crippen molar-refractivity contribution < 1.29 is 29.2 Å². The summed E-state index contributed by atoms with van der Waals surface area (Å²) in [7, 11) is 4.01. The molecular weight excluding hydrogens is 608 g/mol. The number of nitrogens with zero attached hydrogens (tertiary/aromatic N) is 3. The highest BCUT2D eigenvalue weighted by Gasteiger charge is 2.71. The number of carbonyl (C=O) groups is 1. The Morgan fingerprint density at radius 2 is 1.90 bits per heavy atom. The Hall–Kier alpha value is -3.28. The van der Waals surface area contributed by atoms with Gasteiger partial charge in [-0.3, -0.25) is 4.90 Å². The van der Waals surface area contributed by atoms with Gasteiger partial charge in [0.2, 0.25) is 0 Å². The molecule has 3 N–H and O–H groups in total. The van der Waals surface area contributed by atoms with E-state index in [1.54, 1.807) is 6.20 Å². The zero-order chi connectivity index (χ0) is 33.7. The smallest absolute Gasteiger partial charge is 0.341 e. The molecule has 7 rings (SSSR count). The number of rotatable bonds is 9. The minimum Gasteiger partial charge on any atom is -0.423 e. The number of epoxide rings is 1. The molecule has 5 unspecified atom stereocenters. The monoisotopic (exact) mass is 658 g/mol. The Morgan fingerprint density at radius 3 is 2.54 bits per heavy atom. The molecule has 0 radical (unpaired) electrons. The van der Waals surface area contributed by atoms with Crippen molar-refractivity contribution in [1.29, 1.82) is 0 Å². The van der Waals surface area contributed by atoms with E-state index in [0.717, 1.165) is 37.2 Å². The van der Waals surface area contributed by atoms with Crippen molar-refractivity contribution in [3.05, 3.63) is 71.6 Å². The second kappa shape index (κ2) is 12.9. The molecule has 1 aromatic carbocycles. The van der Waals surface area contributed by atoms with Gasteiger partial charge in [0.15, 0.2) is 0 Å². The van der Waals surface area contributed by atoms with Gasteiger partial charge in [-0.25, -0.2) is 9.78 Å². The van der Waals surface area contributed by atoms with Crippen LogP contribution in [0.4, 0.5) is 11.5 Å². The van der Waals surface area contributed by atoms with E-state index in [0.29, 0.717) is 49.8 Å². The van der Waals surface area contributed by atoms with Crippen LogP contribution in [0.25, 0.3) is 6.08 Å². The second-order valence-corrected chi connectivity index (χ2v) is 15.1. The Labute approximate surface area is 283 Å². The number of fused-ring (bicyclic) bond motifs is 1. The van der Waals surface area contributed by atoms with E-state index in [2.05, 4.69) is 29.0 Å². The number of esters is 1. The van der Waals surface area contributed by atoms with Crippen LogP contribution in [0.5, 0.6) is 0 Å². The molecule has 2 saturated carbocycles. The number of morpholine rings is 1. The Kier molecular flexibility index (Phi) is 8.91. The lowest BCUT2D eigenvalue weighted by atomic mass is 9.43. The highest BCUT2D eigenvalue weighted by molar-refractivity contribution is 5.95. The predicted molar refractivity (Wildman–Crippen MR) is 184 cm³/mol. The third-order valence-electron chi connectivity index (χ3n) is 12.3. The van der Waals surface area contributed by atoms with Gasteiger partial charge in [0.25, 0.3) is 0 Å². The number of hydrogen-bond acceptors (Lipinski definition) is 10. The first kappa shape index (κ1) is 33.2. The Balaban J connectivity index is 1.27. The number of carbonyl (C=O) groups excluding carboxylic acids is 1. The maximum absolute atomic E-state index is 13.7. The lowest BCUT2D eigenvalue weighted by Crippen LogP contribution is -2.68. The molecule has 48 heavy (non-hydrogen) atoms. The molecule has 2 aromatic rings. The molecule has 0 amide bonds. The number of hydrogen-bond donors (Lipinski definition) is 3. The molecule has 1 spiro atoms. The van der Waals surface area contributed by atoms with Gasteiger partial charge < -0.3 is 34.6 Å². The number of allylic oxidation sites excluding steroid dienone is 1. The van der Waals surface area contributed by atoms with Crippen molar-refractivity contribution in [2.24, 2.45) is 22.7 Å². The zero-order valence-electron chi connectivity index (χ0n) is 28.6. The van der Waals surface area contributed by atoms with Crippen molar-refractivity contribution in [3.63, 3.8) is 0 Å². The van der Waals surface area contributed by atoms with Crippen molar-refractivity contribution in [2.45, 2.75) is 63.3 Å². The van der Waals surface area contributed by atoms with Crippen LogP contribution in [-0.2, 0) is 19.0 Å². The van der Waals surface area contributed by atoms with Crippen LogP contribution in [0.2, 0.25) is 0 Å². The van der Waals surface area contributed by atoms with Crippen LogP contribution in [-0.4, -0.2) is 103 Å². The Bertz CT molecular complexity index is 1540. The van der Waals surface area contributed by atoms with Gasteiger partial charge in [-0.05, 0) is 84.9 Å². The summed E-state index contributed by atoms with van der Waals surface area (Å²) >= 11 is 0. The van der Waals surface area contributed by atoms with E-state index in [1.807, 2.05) is 73.6 Å². The van der Waals surface area contributed by atoms with Crippen LogP contribution in [0, 0.1) is 22.7 Å². The molecular formula is C38H50N4O6. The fourth-order valence-corrected chi connectivity index (χ4v) is 9.49. The molecule has 5 aliphatic rings. The average molecular weight is 659 g/mol. The molecule has 10 nitrogen and oxygen atoms in total. The summed E-state index contributed by atoms with van der Waals surface area (Å²) in [6.07, 6.45) is 7.79. The first-order valence-corrected chi connectivity index (χ1v) is 17.4. The molecule has 4 heterocycles. The van der Waals surface area contributed by atoms with Crippen molar-refractivity contribution in [3.8, 4) is 0 Å². The minimum absolute atomic E-state index is 0.0245. The second-order valence-electron chi connectivity index (χ2n) is 15.1. The average Bonchev–Trinajstić information content (AvgIpc) is 3.79. The van der Waals surface area contributed by atoms with Crippen LogP contribution >= 0.6 is 0 Å². The molecule has 0 bridgehead atoms. The van der Waals surface area contributed by atoms with E-state index in [4.69, 9.17) is 14.2 Å². The first-order valence-electron chi connectivity index (χ1n) is 17.4. The lowest BCUT2D eigenvalue weighted by molar-refractivity contribution is -0.197. The number of anilines is 2. The van der Waals surface area contributed by atoms with E-state index in [9.17, 15) is 15.0 Å². The van der Waals surface area contributed by atoms with Gasteiger partial charge in [0, 0.05) is 50.5 Å². The number of benzene rings is 1. The normalized spacial score (nSPS) is 36.3. The summed E-state index contributed by atoms with van der Waals surface area (Å²) in [4.78, 5) is 22.8. The minimum atomic E-state index is -0.653. The third kappa shape index (κ3) is 5.85. The van der Waals surface area contributed by atoms with Crippen LogP contribution in [0.1, 0.15) is 45.1 Å². The molecule has 4 fully saturated rings. The quantitative estimate of drug-likeness (QED) is 0.268. The molecule has 2 saturated heterocycles. The largest absolute Gasteiger partial charge is 0.423 e. The summed E-state index contributed by atoms with van der Waals surface area (Å²) in [5, 5.41) is 25.8. The van der Waals surface area contributed by atoms with E-state index in [-0.39, 0.29) is 35.9 Å². The summed E-state index contributed by atoms with van der Waals surface area (Å²) in [6, 6.07) is 13.6. The van der Waals surface area contributed by atoms with Gasteiger partial charge >= 0.3 is 5.97 Å². The molecule has 2 aliphatic carbocycles. The fourth-order valence-electron chi connectivity index (χ4n) is 9.49. The third-order valence-corrected chi connectivity index (χ3v) is 12.3. The van der Waals surface area contributed by atoms with Crippen molar-refractivity contribution in [1.82, 2.24) is 9.88 Å². The lowest BCUT2D eigenvalue weighted by Gasteiger charge is -2.64. The molecule has 1 aromatic heterocycles. The van der Waals surface area contributed by atoms with Crippen molar-refractivity contribution in [2.75, 3.05) is 63.8 Å². The summed E-state index contributed by atoms with van der Waals surface area (Å²) in [6.45, 7) is 7.95. The highest BCUT2D eigenvalue weighted by atomic mass is 16.6. The van der Waals surface area contributed by atoms with Gasteiger partial charge in [-0.15, -0.1) is 0 Å². The number of nitrogens with one attached hydrogen (secondary N) is 1. The number of aliphatic hydroxyl groups excluding tert-OH is 2. The standard InChI is InChI=1S/C38H50N4O6/c1-36-13-12-33(44)37(2,23-43)30(36)22-32(42-15-17-46-18-16-42)38(24-47-38)31(36)21-29(40-34-7-5-6-14-39-34)28-20-27(48-35(28)45)19-25-8-10-26(11-9-25)41(3)4/h5-11,14,19-20,29-33,43-44H,12-13,15-18,21-24H2,1-4H3,(H,39,40)/t29?,30?,31?,32?,33-,36+,37+,38?/m1/s1. The summed E-state index contributed by atoms with van der Waals surface area (Å²) < 4.78 is 18.3. The summed E-state index contributed by atoms with van der Waals surface area (Å²) in [5.41, 5.74) is 1.29. The van der Waals surface area contributed by atoms with E-state index < -0.39 is 23.2 Å². The highest BCUT2D eigenvalue weighted by Crippen LogP contribution is 2.67. The summed E-state index contributed by atoms with van der Waals surface area (Å²) in [5.74, 6) is 0.890. The number of ether oxygens (including phenoxy) is 3. The van der Waals surface area contributed by atoms with Crippen LogP contribution < -0.4 is 10.2 Å². The van der Waals surface area contributed by atoms with Crippen LogP contribution in [0.15, 0.2) is 66.1 Å². The first-order chi connectivity index (χ1) is 23.1. The van der Waals surface area contributed by atoms with Crippen molar-refractivity contribution >= 4 is 23.6 Å². The topological polar surface area (TPSA) is 120 Å². The number of aromatic nitrogens is 1. The maximum Gasteiger partial charge on any atom is 0.341 e. The van der Waals surface area contributed by atoms with Gasteiger partial charge in [-0.1, -0.05) is 32.0 Å². The predicted octanol–water partition coefficient (Wildman–Crippen LogP) is 4.11. The van der Waals surface area contributed by atoms with E-state index in [1.165, 1.54) is 0 Å². The van der Waals surface area contributed by atoms with E-state index >= 15 is 0 Å². The number of cyclic esters (lactones) is 1. The zero-order valence-corrected chi connectivity index (χ0v) is 28.6. The molecule has 10 heteroatoms. The maximum atomic E-state index is 13.7. The molecule has 258 valence electrons. The SMILES string of the molecule is CN(C)c1ccc(C=C2C=C(C(CC3C4(CO4)C(N4CCOCC4)CC4[C@]3(C)CC[C@@H](O)[C@@]4(C)CO)Nc3ccccn3)C(=O)O2)cc1. The number of pyridine rings is 1. The number of aliphatic hydroxyl groups is 2. The molecule has 3 aliphatic heterocycles.